The minimum Gasteiger partial charge on any atom is -0.460 e. The summed E-state index contributed by atoms with van der Waals surface area (Å²) >= 11 is 0. The Bertz CT molecular complexity index is 463. The van der Waals surface area contributed by atoms with E-state index in [2.05, 4.69) is 0 Å². The van der Waals surface area contributed by atoms with Crippen LogP contribution in [-0.4, -0.2) is 29.2 Å². The highest BCUT2D eigenvalue weighted by Gasteiger charge is 2.18. The Morgan fingerprint density at radius 2 is 1.95 bits per heavy atom. The molecule has 1 aromatic rings. The van der Waals surface area contributed by atoms with E-state index in [0.29, 0.717) is 11.4 Å². The van der Waals surface area contributed by atoms with Crippen molar-refractivity contribution in [1.82, 2.24) is 4.57 Å². The number of nitrogen functional groups attached to an aromatic ring is 1. The highest BCUT2D eigenvalue weighted by molar-refractivity contribution is 5.90. The average molecular weight is 268 g/mol. The Morgan fingerprint density at radius 1 is 1.32 bits per heavy atom. The molecular weight excluding hydrogens is 248 g/mol. The third-order valence-corrected chi connectivity index (χ3v) is 2.32. The number of hydrogen-bond acceptors (Lipinski definition) is 5. The van der Waals surface area contributed by atoms with Crippen molar-refractivity contribution in [2.45, 2.75) is 39.8 Å². The molecule has 1 rings (SSSR count). The summed E-state index contributed by atoms with van der Waals surface area (Å²) in [5, 5.41) is 0. The number of nitrogens with zero attached hydrogens (tertiary/aromatic N) is 1. The van der Waals surface area contributed by atoms with Gasteiger partial charge in [-0.15, -0.1) is 0 Å². The summed E-state index contributed by atoms with van der Waals surface area (Å²) in [6.45, 7) is 6.89. The summed E-state index contributed by atoms with van der Waals surface area (Å²) in [4.78, 5) is 23.1. The van der Waals surface area contributed by atoms with Crippen LogP contribution >= 0.6 is 0 Å². The van der Waals surface area contributed by atoms with Gasteiger partial charge in [-0.05, 0) is 33.8 Å². The first-order chi connectivity index (χ1) is 8.81. The topological polar surface area (TPSA) is 83.6 Å². The highest BCUT2D eigenvalue weighted by atomic mass is 16.6. The molecule has 0 aliphatic carbocycles. The van der Waals surface area contributed by atoms with Crippen LogP contribution in [0.3, 0.4) is 0 Å². The highest BCUT2D eigenvalue weighted by Crippen LogP contribution is 2.17. The lowest BCUT2D eigenvalue weighted by Crippen LogP contribution is -2.21. The van der Waals surface area contributed by atoms with Crippen LogP contribution in [0.2, 0.25) is 0 Å². The summed E-state index contributed by atoms with van der Waals surface area (Å²) in [5.74, 6) is -1.16. The largest absolute Gasteiger partial charge is 0.460 e. The summed E-state index contributed by atoms with van der Waals surface area (Å²) in [7, 11) is 0. The quantitative estimate of drug-likeness (QED) is 0.823. The molecule has 0 saturated heterocycles. The molecule has 0 aliphatic heterocycles. The van der Waals surface area contributed by atoms with Crippen LogP contribution in [-0.2, 0) is 14.3 Å². The van der Waals surface area contributed by atoms with Crippen molar-refractivity contribution < 1.29 is 19.1 Å². The Labute approximate surface area is 112 Å². The zero-order chi connectivity index (χ0) is 14.6. The van der Waals surface area contributed by atoms with Gasteiger partial charge in [-0.3, -0.25) is 0 Å². The number of nitrogens with two attached hydrogens (primary N) is 1. The SMILES string of the molecule is CC(C)OC(=O)COC(=O)c1cc(N)cn1C(C)C. The van der Waals surface area contributed by atoms with Gasteiger partial charge >= 0.3 is 11.9 Å². The molecular formula is C13H20N2O4. The van der Waals surface area contributed by atoms with E-state index in [-0.39, 0.29) is 12.1 Å². The van der Waals surface area contributed by atoms with Crippen molar-refractivity contribution in [3.63, 3.8) is 0 Å². The molecule has 106 valence electrons. The van der Waals surface area contributed by atoms with E-state index in [4.69, 9.17) is 15.2 Å². The fourth-order valence-electron chi connectivity index (χ4n) is 1.59. The minimum absolute atomic E-state index is 0.0717. The molecule has 0 saturated carbocycles. The Hall–Kier alpha value is -1.98. The fraction of sp³-hybridized carbons (Fsp3) is 0.538. The lowest BCUT2D eigenvalue weighted by atomic mass is 10.3. The van der Waals surface area contributed by atoms with E-state index in [1.54, 1.807) is 24.6 Å². The summed E-state index contributed by atoms with van der Waals surface area (Å²) in [6.07, 6.45) is 1.43. The minimum atomic E-state index is -0.592. The molecule has 6 heteroatoms. The molecule has 0 atom stereocenters. The molecule has 0 aliphatic rings. The van der Waals surface area contributed by atoms with Gasteiger partial charge in [0.25, 0.3) is 0 Å². The number of carbonyl (C=O) groups excluding carboxylic acids is 2. The first-order valence-corrected chi connectivity index (χ1v) is 6.15. The Kier molecular flexibility index (Phi) is 4.97. The zero-order valence-corrected chi connectivity index (χ0v) is 11.7. The zero-order valence-electron chi connectivity index (χ0n) is 11.7. The van der Waals surface area contributed by atoms with Gasteiger partial charge in [-0.1, -0.05) is 0 Å². The van der Waals surface area contributed by atoms with Gasteiger partial charge in [0.1, 0.15) is 5.69 Å². The number of aromatic nitrogens is 1. The summed E-state index contributed by atoms with van der Waals surface area (Å²) in [5.41, 5.74) is 6.46. The van der Waals surface area contributed by atoms with Crippen LogP contribution in [0.15, 0.2) is 12.3 Å². The number of rotatable bonds is 5. The Balaban J connectivity index is 2.66. The second-order valence-electron chi connectivity index (χ2n) is 4.77. The van der Waals surface area contributed by atoms with E-state index in [0.717, 1.165) is 0 Å². The standard InChI is InChI=1S/C13H20N2O4/c1-8(2)15-6-10(14)5-11(15)13(17)18-7-12(16)19-9(3)4/h5-6,8-9H,7,14H2,1-4H3. The fourth-order valence-corrected chi connectivity index (χ4v) is 1.59. The Morgan fingerprint density at radius 3 is 2.47 bits per heavy atom. The van der Waals surface area contributed by atoms with Crippen molar-refractivity contribution in [3.05, 3.63) is 18.0 Å². The predicted molar refractivity (Wildman–Crippen MR) is 70.7 cm³/mol. The molecule has 2 N–H and O–H groups in total. The van der Waals surface area contributed by atoms with Crippen LogP contribution in [0.1, 0.15) is 44.2 Å². The van der Waals surface area contributed by atoms with Gasteiger partial charge in [-0.2, -0.15) is 0 Å². The van der Waals surface area contributed by atoms with E-state index < -0.39 is 18.5 Å². The molecule has 1 heterocycles. The molecule has 0 amide bonds. The molecule has 0 spiro atoms. The molecule has 0 bridgehead atoms. The molecule has 0 fully saturated rings. The van der Waals surface area contributed by atoms with Gasteiger partial charge in [-0.25, -0.2) is 9.59 Å². The number of hydrogen-bond donors (Lipinski definition) is 1. The van der Waals surface area contributed by atoms with Gasteiger partial charge in [0, 0.05) is 12.2 Å². The van der Waals surface area contributed by atoms with Gasteiger partial charge in [0.15, 0.2) is 6.61 Å². The first kappa shape index (κ1) is 15.1. The molecule has 0 aromatic carbocycles. The van der Waals surface area contributed by atoms with Gasteiger partial charge in [0.2, 0.25) is 0 Å². The third-order valence-electron chi connectivity index (χ3n) is 2.32. The van der Waals surface area contributed by atoms with Crippen molar-refractivity contribution in [2.75, 3.05) is 12.3 Å². The molecule has 6 nitrogen and oxygen atoms in total. The smallest absolute Gasteiger partial charge is 0.355 e. The van der Waals surface area contributed by atoms with Crippen molar-refractivity contribution in [2.24, 2.45) is 0 Å². The van der Waals surface area contributed by atoms with Crippen LogP contribution in [0, 0.1) is 0 Å². The average Bonchev–Trinajstić information content (AvgIpc) is 2.67. The second kappa shape index (κ2) is 6.26. The van der Waals surface area contributed by atoms with Crippen LogP contribution in [0.4, 0.5) is 5.69 Å². The monoisotopic (exact) mass is 268 g/mol. The van der Waals surface area contributed by atoms with E-state index >= 15 is 0 Å². The maximum Gasteiger partial charge on any atom is 0.355 e. The van der Waals surface area contributed by atoms with Crippen LogP contribution in [0.25, 0.3) is 0 Å². The summed E-state index contributed by atoms with van der Waals surface area (Å²) in [6, 6.07) is 1.60. The maximum atomic E-state index is 11.9. The number of carbonyl (C=O) groups is 2. The van der Waals surface area contributed by atoms with Crippen LogP contribution < -0.4 is 5.73 Å². The normalized spacial score (nSPS) is 10.8. The predicted octanol–water partition coefficient (Wildman–Crippen LogP) is 1.76. The van der Waals surface area contributed by atoms with Gasteiger partial charge < -0.3 is 19.8 Å². The van der Waals surface area contributed by atoms with E-state index in [1.807, 2.05) is 13.8 Å². The van der Waals surface area contributed by atoms with Crippen LogP contribution in [0.5, 0.6) is 0 Å². The third kappa shape index (κ3) is 4.31. The van der Waals surface area contributed by atoms with Crippen molar-refractivity contribution in [3.8, 4) is 0 Å². The lowest BCUT2D eigenvalue weighted by Gasteiger charge is -2.12. The van der Waals surface area contributed by atoms with Crippen molar-refractivity contribution in [1.29, 1.82) is 0 Å². The second-order valence-corrected chi connectivity index (χ2v) is 4.77. The lowest BCUT2D eigenvalue weighted by molar-refractivity contribution is -0.151. The molecule has 19 heavy (non-hydrogen) atoms. The van der Waals surface area contributed by atoms with Crippen molar-refractivity contribution >= 4 is 17.6 Å². The molecule has 0 radical (unpaired) electrons. The maximum absolute atomic E-state index is 11.9. The molecule has 0 unspecified atom stereocenters. The van der Waals surface area contributed by atoms with E-state index in [9.17, 15) is 9.59 Å². The number of ether oxygens (including phenoxy) is 2. The van der Waals surface area contributed by atoms with Gasteiger partial charge in [0.05, 0.1) is 11.8 Å². The summed E-state index contributed by atoms with van der Waals surface area (Å²) < 4.78 is 11.5. The first-order valence-electron chi connectivity index (χ1n) is 6.15. The number of anilines is 1. The molecule has 1 aromatic heterocycles. The number of esters is 2. The van der Waals surface area contributed by atoms with E-state index in [1.165, 1.54) is 6.07 Å².